The van der Waals surface area contributed by atoms with E-state index >= 15 is 0 Å². The number of halogens is 1. The molecule has 2 amide bonds. The van der Waals surface area contributed by atoms with Crippen LogP contribution in [0.25, 0.3) is 0 Å². The average molecular weight is 313 g/mol. The predicted octanol–water partition coefficient (Wildman–Crippen LogP) is 1.63. The lowest BCUT2D eigenvalue weighted by atomic mass is 10.1. The maximum Gasteiger partial charge on any atom is 0.224 e. The van der Waals surface area contributed by atoms with Gasteiger partial charge in [0, 0.05) is 24.5 Å². The van der Waals surface area contributed by atoms with Gasteiger partial charge in [-0.05, 0) is 24.1 Å². The maximum atomic E-state index is 11.6. The van der Waals surface area contributed by atoms with Gasteiger partial charge in [-0.1, -0.05) is 28.1 Å². The first-order valence-corrected chi connectivity index (χ1v) is 6.63. The first-order valence-electron chi connectivity index (χ1n) is 5.83. The highest BCUT2D eigenvalue weighted by Gasteiger charge is 2.02. The standard InChI is InChI=1S/C13H17BrN2O2/c1-10(17)15-7-2-8-16-13(18)9-11-3-5-12(14)6-4-11/h3-6H,2,7-9H2,1H3,(H,15,17)(H,16,18). The smallest absolute Gasteiger partial charge is 0.224 e. The minimum Gasteiger partial charge on any atom is -0.356 e. The van der Waals surface area contributed by atoms with Crippen LogP contribution in [0, 0.1) is 0 Å². The van der Waals surface area contributed by atoms with Crippen molar-refractivity contribution in [2.75, 3.05) is 13.1 Å². The SMILES string of the molecule is CC(=O)NCCCNC(=O)Cc1ccc(Br)cc1. The molecule has 0 unspecified atom stereocenters. The van der Waals surface area contributed by atoms with Gasteiger partial charge in [-0.15, -0.1) is 0 Å². The van der Waals surface area contributed by atoms with Crippen molar-refractivity contribution in [2.24, 2.45) is 0 Å². The summed E-state index contributed by atoms with van der Waals surface area (Å²) >= 11 is 3.35. The van der Waals surface area contributed by atoms with E-state index in [-0.39, 0.29) is 11.8 Å². The third-order valence-electron chi connectivity index (χ3n) is 2.33. The quantitative estimate of drug-likeness (QED) is 0.784. The third-order valence-corrected chi connectivity index (χ3v) is 2.86. The average Bonchev–Trinajstić information content (AvgIpc) is 2.31. The molecule has 2 N–H and O–H groups in total. The first-order chi connectivity index (χ1) is 8.58. The second-order valence-corrected chi connectivity index (χ2v) is 4.91. The van der Waals surface area contributed by atoms with E-state index in [2.05, 4.69) is 26.6 Å². The van der Waals surface area contributed by atoms with Gasteiger partial charge in [0.15, 0.2) is 0 Å². The number of hydrogen-bond donors (Lipinski definition) is 2. The van der Waals surface area contributed by atoms with Crippen molar-refractivity contribution in [1.29, 1.82) is 0 Å². The van der Waals surface area contributed by atoms with Crippen LogP contribution in [0.15, 0.2) is 28.7 Å². The molecule has 5 heteroatoms. The summed E-state index contributed by atoms with van der Waals surface area (Å²) in [6.45, 7) is 2.65. The van der Waals surface area contributed by atoms with E-state index in [0.29, 0.717) is 19.5 Å². The highest BCUT2D eigenvalue weighted by Crippen LogP contribution is 2.10. The normalized spacial score (nSPS) is 9.89. The van der Waals surface area contributed by atoms with Crippen LogP contribution >= 0.6 is 15.9 Å². The highest BCUT2D eigenvalue weighted by atomic mass is 79.9. The summed E-state index contributed by atoms with van der Waals surface area (Å²) in [6.07, 6.45) is 1.12. The van der Waals surface area contributed by atoms with Crippen molar-refractivity contribution in [1.82, 2.24) is 10.6 Å². The van der Waals surface area contributed by atoms with Crippen molar-refractivity contribution < 1.29 is 9.59 Å². The first kappa shape index (κ1) is 14.7. The Bertz CT molecular complexity index is 404. The van der Waals surface area contributed by atoms with Gasteiger partial charge in [0.25, 0.3) is 0 Å². The van der Waals surface area contributed by atoms with Crippen molar-refractivity contribution in [2.45, 2.75) is 19.8 Å². The van der Waals surface area contributed by atoms with Crippen molar-refractivity contribution in [3.05, 3.63) is 34.3 Å². The van der Waals surface area contributed by atoms with Crippen molar-refractivity contribution in [3.63, 3.8) is 0 Å². The van der Waals surface area contributed by atoms with E-state index in [0.717, 1.165) is 16.5 Å². The molecule has 0 saturated heterocycles. The van der Waals surface area contributed by atoms with Gasteiger partial charge in [-0.25, -0.2) is 0 Å². The number of carbonyl (C=O) groups excluding carboxylic acids is 2. The zero-order chi connectivity index (χ0) is 13.4. The molecule has 0 radical (unpaired) electrons. The van der Waals surface area contributed by atoms with Gasteiger partial charge in [-0.2, -0.15) is 0 Å². The Hall–Kier alpha value is -1.36. The number of nitrogens with one attached hydrogen (secondary N) is 2. The minimum atomic E-state index is -0.0452. The van der Waals surface area contributed by atoms with Crippen LogP contribution in [0.3, 0.4) is 0 Å². The Morgan fingerprint density at radius 3 is 2.33 bits per heavy atom. The number of amides is 2. The van der Waals surface area contributed by atoms with Gasteiger partial charge >= 0.3 is 0 Å². The zero-order valence-electron chi connectivity index (χ0n) is 10.3. The lowest BCUT2D eigenvalue weighted by molar-refractivity contribution is -0.120. The van der Waals surface area contributed by atoms with Crippen molar-refractivity contribution >= 4 is 27.7 Å². The number of rotatable bonds is 6. The highest BCUT2D eigenvalue weighted by molar-refractivity contribution is 9.10. The molecule has 0 aliphatic rings. The van der Waals surface area contributed by atoms with E-state index in [9.17, 15) is 9.59 Å². The molecule has 1 rings (SSSR count). The van der Waals surface area contributed by atoms with Gasteiger partial charge in [-0.3, -0.25) is 9.59 Å². The summed E-state index contributed by atoms with van der Waals surface area (Å²) in [5, 5.41) is 5.50. The van der Waals surface area contributed by atoms with Crippen molar-refractivity contribution in [3.8, 4) is 0 Å². The van der Waals surface area contributed by atoms with Crippen LogP contribution in [-0.2, 0) is 16.0 Å². The Kier molecular flexibility index (Phi) is 6.43. The monoisotopic (exact) mass is 312 g/mol. The van der Waals surface area contributed by atoms with Gasteiger partial charge in [0.2, 0.25) is 11.8 Å². The molecule has 1 aromatic carbocycles. The largest absolute Gasteiger partial charge is 0.356 e. The number of benzene rings is 1. The topological polar surface area (TPSA) is 58.2 Å². The summed E-state index contributed by atoms with van der Waals surface area (Å²) in [7, 11) is 0. The maximum absolute atomic E-state index is 11.6. The lowest BCUT2D eigenvalue weighted by Crippen LogP contribution is -2.29. The van der Waals surface area contributed by atoms with Crippen LogP contribution < -0.4 is 10.6 Å². The van der Waals surface area contributed by atoms with Crippen LogP contribution in [0.2, 0.25) is 0 Å². The Labute approximate surface area is 115 Å². The molecule has 0 aromatic heterocycles. The van der Waals surface area contributed by atoms with E-state index < -0.39 is 0 Å². The second kappa shape index (κ2) is 7.87. The Morgan fingerprint density at radius 2 is 1.72 bits per heavy atom. The molecule has 0 atom stereocenters. The second-order valence-electron chi connectivity index (χ2n) is 3.99. The van der Waals surface area contributed by atoms with Gasteiger partial charge < -0.3 is 10.6 Å². The summed E-state index contributed by atoms with van der Waals surface area (Å²) < 4.78 is 1.00. The molecule has 0 fully saturated rings. The fourth-order valence-corrected chi connectivity index (χ4v) is 1.70. The van der Waals surface area contributed by atoms with Crippen LogP contribution in [0.1, 0.15) is 18.9 Å². The number of hydrogen-bond acceptors (Lipinski definition) is 2. The summed E-state index contributed by atoms with van der Waals surface area (Å²) in [5.74, 6) is -0.0451. The fraction of sp³-hybridized carbons (Fsp3) is 0.385. The molecule has 4 nitrogen and oxygen atoms in total. The fourth-order valence-electron chi connectivity index (χ4n) is 1.43. The molecule has 1 aromatic rings. The van der Waals surface area contributed by atoms with E-state index in [1.807, 2.05) is 24.3 Å². The molecule has 0 spiro atoms. The molecule has 0 heterocycles. The molecule has 0 aliphatic carbocycles. The zero-order valence-corrected chi connectivity index (χ0v) is 11.9. The molecule has 98 valence electrons. The number of carbonyl (C=O) groups is 2. The Morgan fingerprint density at radius 1 is 1.11 bits per heavy atom. The van der Waals surface area contributed by atoms with Crippen LogP contribution in [0.5, 0.6) is 0 Å². The molecule has 0 aliphatic heterocycles. The summed E-state index contributed by atoms with van der Waals surface area (Å²) in [6, 6.07) is 7.67. The van der Waals surface area contributed by atoms with Gasteiger partial charge in [0.05, 0.1) is 6.42 Å². The summed E-state index contributed by atoms with van der Waals surface area (Å²) in [5.41, 5.74) is 0.984. The molecule has 18 heavy (non-hydrogen) atoms. The predicted molar refractivity (Wildman–Crippen MR) is 74.2 cm³/mol. The van der Waals surface area contributed by atoms with Gasteiger partial charge in [0.1, 0.15) is 0 Å². The van der Waals surface area contributed by atoms with Crippen LogP contribution in [0.4, 0.5) is 0 Å². The van der Waals surface area contributed by atoms with E-state index in [1.54, 1.807) is 0 Å². The lowest BCUT2D eigenvalue weighted by Gasteiger charge is -2.06. The summed E-state index contributed by atoms with van der Waals surface area (Å²) in [4.78, 5) is 22.2. The third kappa shape index (κ3) is 6.39. The van der Waals surface area contributed by atoms with E-state index in [1.165, 1.54) is 6.92 Å². The Balaban J connectivity index is 2.17. The molecule has 0 saturated carbocycles. The minimum absolute atomic E-state index is 0.000137. The molecule has 0 bridgehead atoms. The molecular formula is C13H17BrN2O2. The molecular weight excluding hydrogens is 296 g/mol. The van der Waals surface area contributed by atoms with Crippen LogP contribution in [-0.4, -0.2) is 24.9 Å². The van der Waals surface area contributed by atoms with E-state index in [4.69, 9.17) is 0 Å².